The van der Waals surface area contributed by atoms with Gasteiger partial charge in [-0.25, -0.2) is 9.37 Å². The summed E-state index contributed by atoms with van der Waals surface area (Å²) in [5.41, 5.74) is 0.231. The molecular weight excluding hydrogens is 466 g/mol. The lowest BCUT2D eigenvalue weighted by atomic mass is 10.1. The molecule has 0 aliphatic rings. The van der Waals surface area contributed by atoms with Gasteiger partial charge in [-0.2, -0.15) is 0 Å². The number of ether oxygens (including phenoxy) is 1. The number of aliphatic hydroxyl groups excluding tert-OH is 1. The van der Waals surface area contributed by atoms with E-state index in [1.807, 2.05) is 0 Å². The van der Waals surface area contributed by atoms with Crippen LogP contribution in [0.3, 0.4) is 0 Å². The van der Waals surface area contributed by atoms with Gasteiger partial charge < -0.3 is 25.2 Å². The first kappa shape index (κ1) is 25.0. The second-order valence-corrected chi connectivity index (χ2v) is 11.6. The van der Waals surface area contributed by atoms with Gasteiger partial charge in [-0.15, -0.1) is 0 Å². The van der Waals surface area contributed by atoms with E-state index in [0.29, 0.717) is 17.1 Å². The molecule has 0 saturated heterocycles. The van der Waals surface area contributed by atoms with Crippen LogP contribution < -0.4 is 15.4 Å². The van der Waals surface area contributed by atoms with Crippen LogP contribution in [0, 0.1) is 5.82 Å². The van der Waals surface area contributed by atoms with Crippen molar-refractivity contribution in [3.63, 3.8) is 0 Å². The van der Waals surface area contributed by atoms with Crippen LogP contribution in [0.5, 0.6) is 0 Å². The van der Waals surface area contributed by atoms with Gasteiger partial charge in [0.1, 0.15) is 11.6 Å². The Morgan fingerprint density at radius 3 is 2.77 bits per heavy atom. The zero-order valence-electron chi connectivity index (χ0n) is 17.0. The molecule has 0 saturated carbocycles. The minimum absolute atomic E-state index is 0.115. The Morgan fingerprint density at radius 1 is 1.45 bits per heavy atom. The molecule has 1 heterocycles. The third-order valence-corrected chi connectivity index (χ3v) is 7.28. The van der Waals surface area contributed by atoms with Crippen molar-refractivity contribution >= 4 is 58.6 Å². The van der Waals surface area contributed by atoms with E-state index in [4.69, 9.17) is 21.4 Å². The monoisotopic (exact) mass is 490 g/mol. The van der Waals surface area contributed by atoms with Crippen LogP contribution in [0.25, 0.3) is 5.76 Å². The maximum Gasteiger partial charge on any atom is 0.260 e. The number of halogens is 2. The Labute approximate surface area is 188 Å². The summed E-state index contributed by atoms with van der Waals surface area (Å²) in [4.78, 5) is 17.0. The molecule has 170 valence electrons. The number of nitrogens with zero attached hydrogens (tertiary/aromatic N) is 1. The zero-order chi connectivity index (χ0) is 23.2. The van der Waals surface area contributed by atoms with Crippen molar-refractivity contribution in [1.29, 1.82) is 0 Å². The van der Waals surface area contributed by atoms with Crippen LogP contribution >= 0.6 is 20.0 Å². The molecule has 2 rings (SSSR count). The molecule has 4 N–H and O–H groups in total. The highest BCUT2D eigenvalue weighted by atomic mass is 35.5. The quantitative estimate of drug-likeness (QED) is 0.198. The van der Waals surface area contributed by atoms with Crippen LogP contribution in [0.2, 0.25) is 5.02 Å². The summed E-state index contributed by atoms with van der Waals surface area (Å²) < 4.78 is 35.4. The van der Waals surface area contributed by atoms with Gasteiger partial charge in [0.05, 0.1) is 40.8 Å². The molecule has 0 spiro atoms. The fraction of sp³-hybridized carbons (Fsp3) is 0.263. The maximum absolute atomic E-state index is 15.1. The standard InChI is InChI=1S/C19H25ClFN4O4PS/c1-11(29-3)13-9-12(10-23-18(13)22-2)24-19(27)16-14(20)5-6-15(17(16)21)25-31(28,30)8-4-7-26/h5-6,9-10,26,31H,1,4,7-8,30H2,2-3H3,(H,22,23)(H,24,27)(H,25,28). The van der Waals surface area contributed by atoms with Gasteiger partial charge in [-0.05, 0) is 42.8 Å². The number of thiol groups is 1. The average Bonchev–Trinajstić information content (AvgIpc) is 2.73. The average molecular weight is 491 g/mol. The second kappa shape index (κ2) is 10.9. The first-order valence-corrected chi connectivity index (χ1v) is 13.0. The summed E-state index contributed by atoms with van der Waals surface area (Å²) in [5.74, 6) is -0.819. The fourth-order valence-corrected chi connectivity index (χ4v) is 5.16. The number of amides is 1. The number of hydrogen-bond donors (Lipinski definition) is 5. The van der Waals surface area contributed by atoms with E-state index in [9.17, 15) is 9.00 Å². The molecule has 1 amide bonds. The number of benzene rings is 1. The van der Waals surface area contributed by atoms with Crippen LogP contribution in [-0.2, 0) is 14.5 Å². The van der Waals surface area contributed by atoms with Gasteiger partial charge in [-0.1, -0.05) is 18.2 Å². The van der Waals surface area contributed by atoms with Gasteiger partial charge in [0, 0.05) is 19.4 Å². The molecule has 0 bridgehead atoms. The molecule has 8 nitrogen and oxygen atoms in total. The molecule has 1 atom stereocenters. The number of rotatable bonds is 10. The van der Waals surface area contributed by atoms with Crippen molar-refractivity contribution in [3.05, 3.63) is 52.9 Å². The summed E-state index contributed by atoms with van der Waals surface area (Å²) >= 11 is 6.07. The predicted molar refractivity (Wildman–Crippen MR) is 129 cm³/mol. The van der Waals surface area contributed by atoms with Crippen molar-refractivity contribution in [2.45, 2.75) is 6.42 Å². The molecule has 0 aliphatic carbocycles. The summed E-state index contributed by atoms with van der Waals surface area (Å²) in [6.45, 7) is 3.63. The Hall–Kier alpha value is -2.26. The van der Waals surface area contributed by atoms with Crippen molar-refractivity contribution < 1.29 is 23.2 Å². The number of aromatic nitrogens is 1. The summed E-state index contributed by atoms with van der Waals surface area (Å²) in [6.07, 6.45) is 1.66. The number of nitrogens with one attached hydrogen (secondary N) is 3. The van der Waals surface area contributed by atoms with Gasteiger partial charge >= 0.3 is 0 Å². The SMILES string of the molecule is C=C(OC)c1cc(NC(=O)c2c(Cl)ccc(N[SH](=O)(P)CCCO)c2F)cnc1NC. The molecule has 0 radical (unpaired) electrons. The predicted octanol–water partition coefficient (Wildman–Crippen LogP) is 3.30. The van der Waals surface area contributed by atoms with Gasteiger partial charge in [0.2, 0.25) is 0 Å². The molecule has 0 aliphatic heterocycles. The number of methoxy groups -OCH3 is 1. The molecule has 1 aromatic heterocycles. The molecule has 2 aromatic rings. The second-order valence-electron chi connectivity index (χ2n) is 6.44. The summed E-state index contributed by atoms with van der Waals surface area (Å²) in [6, 6.07) is 4.20. The number of carbonyl (C=O) groups is 1. The number of pyridine rings is 1. The Morgan fingerprint density at radius 2 is 2.16 bits per heavy atom. The zero-order valence-corrected chi connectivity index (χ0v) is 19.8. The van der Waals surface area contributed by atoms with E-state index in [1.165, 1.54) is 25.4 Å². The lowest BCUT2D eigenvalue weighted by Crippen LogP contribution is -2.22. The number of aliphatic hydroxyl groups is 1. The molecule has 12 heteroatoms. The first-order chi connectivity index (χ1) is 14.6. The third-order valence-electron chi connectivity index (χ3n) is 4.21. The molecule has 1 aromatic carbocycles. The van der Waals surface area contributed by atoms with Crippen molar-refractivity contribution in [3.8, 4) is 0 Å². The van der Waals surface area contributed by atoms with Gasteiger partial charge in [-0.3, -0.25) is 9.00 Å². The van der Waals surface area contributed by atoms with E-state index >= 15 is 4.39 Å². The lowest BCUT2D eigenvalue weighted by molar-refractivity contribution is 0.102. The van der Waals surface area contributed by atoms with Crippen molar-refractivity contribution in [1.82, 2.24) is 4.98 Å². The number of carbonyl (C=O) groups excluding carboxylic acids is 1. The van der Waals surface area contributed by atoms with Crippen molar-refractivity contribution in [2.75, 3.05) is 41.9 Å². The van der Waals surface area contributed by atoms with E-state index in [0.717, 1.165) is 0 Å². The molecule has 0 fully saturated rings. The van der Waals surface area contributed by atoms with Crippen LogP contribution in [0.4, 0.5) is 21.6 Å². The largest absolute Gasteiger partial charge is 0.497 e. The molecular formula is C19H25ClFN4O4PS. The van der Waals surface area contributed by atoms with Gasteiger partial charge in [0.15, 0.2) is 5.82 Å². The first-order valence-electron chi connectivity index (χ1n) is 9.10. The third kappa shape index (κ3) is 6.36. The highest BCUT2D eigenvalue weighted by Gasteiger charge is 2.22. The maximum atomic E-state index is 15.1. The number of hydrogen-bond acceptors (Lipinski definition) is 6. The minimum Gasteiger partial charge on any atom is -0.497 e. The summed E-state index contributed by atoms with van der Waals surface area (Å²) in [7, 11) is 2.20. The van der Waals surface area contributed by atoms with E-state index in [1.54, 1.807) is 13.1 Å². The Kier molecular flexibility index (Phi) is 8.76. The van der Waals surface area contributed by atoms with Crippen LogP contribution in [-0.4, -0.2) is 46.7 Å². The Bertz CT molecular complexity index is 1040. The lowest BCUT2D eigenvalue weighted by Gasteiger charge is -2.22. The topological polar surface area (TPSA) is 113 Å². The van der Waals surface area contributed by atoms with E-state index in [-0.39, 0.29) is 35.2 Å². The molecule has 31 heavy (non-hydrogen) atoms. The fourth-order valence-electron chi connectivity index (χ4n) is 2.66. The summed E-state index contributed by atoms with van der Waals surface area (Å²) in [5, 5.41) is 14.2. The van der Waals surface area contributed by atoms with Crippen LogP contribution in [0.15, 0.2) is 31.0 Å². The minimum atomic E-state index is -3.07. The van der Waals surface area contributed by atoms with Gasteiger partial charge in [0.25, 0.3) is 5.91 Å². The molecule has 1 unspecified atom stereocenters. The highest BCUT2D eigenvalue weighted by molar-refractivity contribution is 8.46. The van der Waals surface area contributed by atoms with E-state index < -0.39 is 27.0 Å². The van der Waals surface area contributed by atoms with Crippen LogP contribution in [0.1, 0.15) is 22.3 Å². The highest BCUT2D eigenvalue weighted by Crippen LogP contribution is 2.30. The van der Waals surface area contributed by atoms with Crippen molar-refractivity contribution in [2.24, 2.45) is 0 Å². The number of anilines is 3. The normalized spacial score (nSPS) is 11.5. The van der Waals surface area contributed by atoms with E-state index in [2.05, 4.69) is 35.4 Å². The smallest absolute Gasteiger partial charge is 0.260 e. The Balaban J connectivity index is 2.34.